The maximum atomic E-state index is 2.39. The summed E-state index contributed by atoms with van der Waals surface area (Å²) < 4.78 is 1.37. The molecule has 2 heterocycles. The first kappa shape index (κ1) is 21.9. The van der Waals surface area contributed by atoms with Gasteiger partial charge in [-0.3, -0.25) is 0 Å². The van der Waals surface area contributed by atoms with Crippen LogP contribution in [0, 0.1) is 23.7 Å². The summed E-state index contributed by atoms with van der Waals surface area (Å²) in [5.41, 5.74) is 6.24. The van der Waals surface area contributed by atoms with Gasteiger partial charge in [-0.1, -0.05) is 121 Å². The molecule has 184 valence electrons. The summed E-state index contributed by atoms with van der Waals surface area (Å²) in [6, 6.07) is 45.8. The van der Waals surface area contributed by atoms with Crippen LogP contribution in [0.5, 0.6) is 0 Å². The second-order valence-electron chi connectivity index (χ2n) is 12.5. The fraction of sp³-hybridized carbons (Fsp3) is 0.333. The molecule has 4 unspecified atom stereocenters. The van der Waals surface area contributed by atoms with Crippen LogP contribution in [0.15, 0.2) is 121 Å². The molecule has 4 aliphatic rings. The average Bonchev–Trinajstić information content (AvgIpc) is 3.42. The van der Waals surface area contributed by atoms with Crippen LogP contribution in [-0.2, 0) is 0 Å². The Morgan fingerprint density at radius 2 is 0.541 bits per heavy atom. The number of quaternary nitrogens is 1. The Kier molecular flexibility index (Phi) is 4.99. The number of hydrogen-bond donors (Lipinski definition) is 0. The second kappa shape index (κ2) is 8.43. The lowest BCUT2D eigenvalue weighted by atomic mass is 9.54. The summed E-state index contributed by atoms with van der Waals surface area (Å²) in [7, 11) is 0. The normalized spacial score (nSPS) is 37.4. The van der Waals surface area contributed by atoms with Crippen LogP contribution in [0.2, 0.25) is 0 Å². The van der Waals surface area contributed by atoms with Gasteiger partial charge in [0, 0.05) is 23.7 Å². The molecule has 9 atom stereocenters. The smallest absolute Gasteiger partial charge is 0.0826 e. The molecule has 2 saturated heterocycles. The SMILES string of the molecule is c1ccc(C2C3C[N+]4(C[C@H]3C2c2ccccc2)C[C@@H]2[C@H](C4)[C@@H](c3ccccc3)[C@H]2c2ccccc2)cc1. The van der Waals surface area contributed by atoms with Gasteiger partial charge in [-0.15, -0.1) is 0 Å². The molecule has 4 aromatic carbocycles. The van der Waals surface area contributed by atoms with E-state index >= 15 is 0 Å². The molecule has 8 rings (SSSR count). The first-order chi connectivity index (χ1) is 18.3. The Morgan fingerprint density at radius 3 is 0.757 bits per heavy atom. The third-order valence-electron chi connectivity index (χ3n) is 10.8. The first-order valence-corrected chi connectivity index (χ1v) is 14.4. The van der Waals surface area contributed by atoms with Crippen molar-refractivity contribution in [1.29, 1.82) is 0 Å². The molecule has 4 fully saturated rings. The third-order valence-corrected chi connectivity index (χ3v) is 10.8. The van der Waals surface area contributed by atoms with Gasteiger partial charge in [-0.2, -0.15) is 0 Å². The minimum atomic E-state index is 0.666. The van der Waals surface area contributed by atoms with Gasteiger partial charge in [0.2, 0.25) is 0 Å². The summed E-state index contributed by atoms with van der Waals surface area (Å²) in [6.45, 7) is 5.51. The maximum Gasteiger partial charge on any atom is 0.0826 e. The van der Waals surface area contributed by atoms with E-state index in [9.17, 15) is 0 Å². The summed E-state index contributed by atoms with van der Waals surface area (Å²) >= 11 is 0. The Bertz CT molecular complexity index is 1150. The van der Waals surface area contributed by atoms with Crippen molar-refractivity contribution in [2.45, 2.75) is 23.7 Å². The zero-order valence-electron chi connectivity index (χ0n) is 21.4. The van der Waals surface area contributed by atoms with Crippen molar-refractivity contribution in [3.8, 4) is 0 Å². The molecule has 37 heavy (non-hydrogen) atoms. The van der Waals surface area contributed by atoms with Gasteiger partial charge in [-0.05, 0) is 45.9 Å². The molecule has 1 heteroatoms. The van der Waals surface area contributed by atoms with Crippen LogP contribution < -0.4 is 0 Å². The number of nitrogens with zero attached hydrogens (tertiary/aromatic N) is 1. The molecular formula is C36H36N+. The molecule has 0 radical (unpaired) electrons. The van der Waals surface area contributed by atoms with E-state index in [4.69, 9.17) is 0 Å². The van der Waals surface area contributed by atoms with E-state index in [2.05, 4.69) is 121 Å². The van der Waals surface area contributed by atoms with Gasteiger partial charge < -0.3 is 4.48 Å². The molecule has 2 saturated carbocycles. The third kappa shape index (κ3) is 3.33. The summed E-state index contributed by atoms with van der Waals surface area (Å²) in [6.07, 6.45) is 0. The molecule has 0 aromatic heterocycles. The highest BCUT2D eigenvalue weighted by Gasteiger charge is 2.68. The molecule has 2 aliphatic heterocycles. The molecule has 1 spiro atoms. The standard InChI is InChI=1S/C36H36N/c1-5-13-25(14-6-1)33-29-21-37(22-30(29)34(33)26-15-7-2-8-16-26)23-31-32(24-37)36(28-19-11-4-12-20-28)35(31)27-17-9-3-10-18-27/h1-20,29-36H,21-24H2/q+1/t29-,30+,31-,32?,33+,34-,35?,36?,37?/m1/s1. The quantitative estimate of drug-likeness (QED) is 0.265. The van der Waals surface area contributed by atoms with Crippen LogP contribution >= 0.6 is 0 Å². The molecule has 1 nitrogen and oxygen atoms in total. The van der Waals surface area contributed by atoms with E-state index in [0.717, 1.165) is 23.7 Å². The van der Waals surface area contributed by atoms with E-state index in [1.54, 1.807) is 22.3 Å². The molecule has 0 N–H and O–H groups in total. The van der Waals surface area contributed by atoms with Crippen molar-refractivity contribution in [2.24, 2.45) is 23.7 Å². The summed E-state index contributed by atoms with van der Waals surface area (Å²) in [5.74, 6) is 5.92. The number of fused-ring (bicyclic) bond motifs is 2. The minimum absolute atomic E-state index is 0.666. The highest BCUT2D eigenvalue weighted by atomic mass is 15.4. The van der Waals surface area contributed by atoms with E-state index in [1.165, 1.54) is 30.7 Å². The maximum absolute atomic E-state index is 2.39. The van der Waals surface area contributed by atoms with Crippen LogP contribution in [0.1, 0.15) is 45.9 Å². The molecule has 2 aliphatic carbocycles. The predicted octanol–water partition coefficient (Wildman–Crippen LogP) is 7.46. The highest BCUT2D eigenvalue weighted by molar-refractivity contribution is 5.38. The first-order valence-electron chi connectivity index (χ1n) is 14.4. The Morgan fingerprint density at radius 1 is 0.324 bits per heavy atom. The second-order valence-corrected chi connectivity index (χ2v) is 12.5. The van der Waals surface area contributed by atoms with E-state index in [0.29, 0.717) is 23.7 Å². The van der Waals surface area contributed by atoms with E-state index in [1.807, 2.05) is 0 Å². The van der Waals surface area contributed by atoms with Gasteiger partial charge in [-0.25, -0.2) is 0 Å². The lowest BCUT2D eigenvalue weighted by Gasteiger charge is -2.47. The van der Waals surface area contributed by atoms with Gasteiger partial charge in [0.25, 0.3) is 0 Å². The van der Waals surface area contributed by atoms with Crippen LogP contribution in [0.25, 0.3) is 0 Å². The van der Waals surface area contributed by atoms with E-state index in [-0.39, 0.29) is 0 Å². The Balaban J connectivity index is 1.13. The lowest BCUT2D eigenvalue weighted by Crippen LogP contribution is -2.43. The molecule has 0 bridgehead atoms. The minimum Gasteiger partial charge on any atom is -0.323 e. The van der Waals surface area contributed by atoms with E-state index < -0.39 is 0 Å². The molecule has 4 aromatic rings. The highest BCUT2D eigenvalue weighted by Crippen LogP contribution is 2.67. The van der Waals surface area contributed by atoms with Crippen LogP contribution in [0.4, 0.5) is 0 Å². The monoisotopic (exact) mass is 482 g/mol. The van der Waals surface area contributed by atoms with Crippen LogP contribution in [0.3, 0.4) is 0 Å². The van der Waals surface area contributed by atoms with Crippen molar-refractivity contribution in [3.63, 3.8) is 0 Å². The zero-order valence-corrected chi connectivity index (χ0v) is 21.4. The van der Waals surface area contributed by atoms with Gasteiger partial charge in [0.15, 0.2) is 0 Å². The average molecular weight is 483 g/mol. The molecular weight excluding hydrogens is 446 g/mol. The van der Waals surface area contributed by atoms with Gasteiger partial charge in [0.05, 0.1) is 26.2 Å². The van der Waals surface area contributed by atoms with Gasteiger partial charge in [0.1, 0.15) is 0 Å². The van der Waals surface area contributed by atoms with Crippen molar-refractivity contribution in [3.05, 3.63) is 144 Å². The Labute approximate surface area is 221 Å². The fourth-order valence-electron chi connectivity index (χ4n) is 9.59. The number of benzene rings is 4. The fourth-order valence-corrected chi connectivity index (χ4v) is 9.59. The molecule has 0 amide bonds. The largest absolute Gasteiger partial charge is 0.323 e. The van der Waals surface area contributed by atoms with Crippen molar-refractivity contribution >= 4 is 0 Å². The zero-order chi connectivity index (χ0) is 24.4. The summed E-state index contributed by atoms with van der Waals surface area (Å²) in [5, 5.41) is 0. The lowest BCUT2D eigenvalue weighted by molar-refractivity contribution is -0.909. The van der Waals surface area contributed by atoms with Crippen molar-refractivity contribution in [1.82, 2.24) is 0 Å². The van der Waals surface area contributed by atoms with Crippen molar-refractivity contribution in [2.75, 3.05) is 26.2 Å². The van der Waals surface area contributed by atoms with Crippen LogP contribution in [-0.4, -0.2) is 30.7 Å². The number of rotatable bonds is 4. The topological polar surface area (TPSA) is 0 Å². The summed E-state index contributed by atoms with van der Waals surface area (Å²) in [4.78, 5) is 0. The number of hydrogen-bond acceptors (Lipinski definition) is 0. The predicted molar refractivity (Wildman–Crippen MR) is 150 cm³/mol. The van der Waals surface area contributed by atoms with Gasteiger partial charge >= 0.3 is 0 Å². The van der Waals surface area contributed by atoms with Crippen molar-refractivity contribution < 1.29 is 4.48 Å². The Hall–Kier alpha value is -3.16.